The molecule has 1 heterocycles. The molecule has 1 aromatic rings. The number of Topliss-reactive ketones (excluding diaryl/α,β-unsaturated/α-hetero) is 1. The molecule has 3 nitrogen and oxygen atoms in total. The van der Waals surface area contributed by atoms with E-state index in [4.69, 9.17) is 12.2 Å². The second-order valence-electron chi connectivity index (χ2n) is 5.60. The van der Waals surface area contributed by atoms with Gasteiger partial charge in [0.2, 0.25) is 0 Å². The summed E-state index contributed by atoms with van der Waals surface area (Å²) >= 11 is 5.54. The molecule has 0 aliphatic carbocycles. The van der Waals surface area contributed by atoms with Gasteiger partial charge in [-0.15, -0.1) is 0 Å². The quantitative estimate of drug-likeness (QED) is 0.662. The van der Waals surface area contributed by atoms with Crippen molar-refractivity contribution >= 4 is 28.8 Å². The van der Waals surface area contributed by atoms with Crippen molar-refractivity contribution in [1.82, 2.24) is 4.90 Å². The molecule has 2 atom stereocenters. The molecule has 0 saturated carbocycles. The first-order chi connectivity index (χ1) is 9.49. The first kappa shape index (κ1) is 15.0. The van der Waals surface area contributed by atoms with E-state index in [2.05, 4.69) is 24.1 Å². The maximum absolute atomic E-state index is 11.3. The smallest absolute Gasteiger partial charge is 0.173 e. The minimum atomic E-state index is 0.0809. The van der Waals surface area contributed by atoms with E-state index in [1.807, 2.05) is 24.3 Å². The second kappa shape index (κ2) is 6.35. The summed E-state index contributed by atoms with van der Waals surface area (Å²) < 4.78 is 0. The molecular formula is C16H22N2OS. The van der Waals surface area contributed by atoms with Crippen molar-refractivity contribution in [1.29, 1.82) is 0 Å². The van der Waals surface area contributed by atoms with Crippen molar-refractivity contribution in [2.24, 2.45) is 0 Å². The van der Waals surface area contributed by atoms with Gasteiger partial charge in [0.05, 0.1) is 0 Å². The average Bonchev–Trinajstić information content (AvgIpc) is 2.39. The van der Waals surface area contributed by atoms with E-state index < -0.39 is 0 Å². The first-order valence-corrected chi connectivity index (χ1v) is 7.60. The molecule has 108 valence electrons. The Hall–Kier alpha value is -1.42. The van der Waals surface area contributed by atoms with Crippen LogP contribution < -0.4 is 5.32 Å². The van der Waals surface area contributed by atoms with Crippen LogP contribution in [0.5, 0.6) is 0 Å². The van der Waals surface area contributed by atoms with E-state index in [-0.39, 0.29) is 5.78 Å². The predicted molar refractivity (Wildman–Crippen MR) is 87.3 cm³/mol. The van der Waals surface area contributed by atoms with Crippen LogP contribution in [0, 0.1) is 0 Å². The van der Waals surface area contributed by atoms with E-state index in [9.17, 15) is 4.79 Å². The number of rotatable bonds is 2. The van der Waals surface area contributed by atoms with Crippen LogP contribution in [0.25, 0.3) is 0 Å². The molecule has 0 amide bonds. The largest absolute Gasteiger partial charge is 0.344 e. The number of hydrogen-bond acceptors (Lipinski definition) is 2. The molecule has 1 aliphatic rings. The van der Waals surface area contributed by atoms with Crippen molar-refractivity contribution in [3.8, 4) is 0 Å². The lowest BCUT2D eigenvalue weighted by atomic mass is 9.98. The number of nitrogens with zero attached hydrogens (tertiary/aromatic N) is 1. The van der Waals surface area contributed by atoms with Crippen LogP contribution in [-0.2, 0) is 0 Å². The van der Waals surface area contributed by atoms with Crippen LogP contribution in [-0.4, -0.2) is 27.9 Å². The number of benzene rings is 1. The van der Waals surface area contributed by atoms with Gasteiger partial charge in [0, 0.05) is 23.3 Å². The minimum Gasteiger partial charge on any atom is -0.344 e. The summed E-state index contributed by atoms with van der Waals surface area (Å²) in [6, 6.07) is 8.43. The number of carbonyl (C=O) groups excluding carboxylic acids is 1. The molecule has 1 saturated heterocycles. The van der Waals surface area contributed by atoms with Gasteiger partial charge < -0.3 is 10.2 Å². The van der Waals surface area contributed by atoms with E-state index >= 15 is 0 Å². The Balaban J connectivity index is 2.05. The Bertz CT molecular complexity index is 488. The highest BCUT2D eigenvalue weighted by atomic mass is 32.1. The van der Waals surface area contributed by atoms with Gasteiger partial charge in [0.15, 0.2) is 10.9 Å². The standard InChI is InChI=1S/C16H22N2OS/c1-11-5-4-6-12(2)18(11)16(20)17-15-9-7-14(8-10-15)13(3)19/h7-12H,4-6H2,1-3H3,(H,17,20)/t11-,12+. The summed E-state index contributed by atoms with van der Waals surface area (Å²) in [6.45, 7) is 6.02. The molecule has 1 aliphatic heterocycles. The molecule has 0 unspecified atom stereocenters. The van der Waals surface area contributed by atoms with Gasteiger partial charge >= 0.3 is 0 Å². The van der Waals surface area contributed by atoms with E-state index in [0.29, 0.717) is 12.1 Å². The Morgan fingerprint density at radius 3 is 2.25 bits per heavy atom. The molecule has 1 aromatic carbocycles. The highest BCUT2D eigenvalue weighted by molar-refractivity contribution is 7.80. The first-order valence-electron chi connectivity index (χ1n) is 7.19. The summed E-state index contributed by atoms with van der Waals surface area (Å²) in [5.74, 6) is 0.0809. The maximum Gasteiger partial charge on any atom is 0.173 e. The zero-order valence-corrected chi connectivity index (χ0v) is 13.2. The highest BCUT2D eigenvalue weighted by Gasteiger charge is 2.26. The highest BCUT2D eigenvalue weighted by Crippen LogP contribution is 2.23. The summed E-state index contributed by atoms with van der Waals surface area (Å²) in [6.07, 6.45) is 3.65. The lowest BCUT2D eigenvalue weighted by Crippen LogP contribution is -2.49. The van der Waals surface area contributed by atoms with E-state index in [1.54, 1.807) is 6.92 Å². The van der Waals surface area contributed by atoms with Gasteiger partial charge in [-0.3, -0.25) is 4.79 Å². The Morgan fingerprint density at radius 1 is 1.20 bits per heavy atom. The SMILES string of the molecule is CC(=O)c1ccc(NC(=S)N2[C@H](C)CCC[C@@H]2C)cc1. The molecule has 1 fully saturated rings. The predicted octanol–water partition coefficient (Wildman–Crippen LogP) is 3.85. The minimum absolute atomic E-state index is 0.0809. The normalized spacial score (nSPS) is 22.4. The van der Waals surface area contributed by atoms with E-state index in [1.165, 1.54) is 19.3 Å². The molecule has 4 heteroatoms. The second-order valence-corrected chi connectivity index (χ2v) is 5.99. The Labute approximate surface area is 126 Å². The third-order valence-corrected chi connectivity index (χ3v) is 4.28. The number of anilines is 1. The van der Waals surface area contributed by atoms with Gasteiger partial charge in [-0.2, -0.15) is 0 Å². The third-order valence-electron chi connectivity index (χ3n) is 3.97. The van der Waals surface area contributed by atoms with Crippen LogP contribution in [0.1, 0.15) is 50.4 Å². The van der Waals surface area contributed by atoms with Crippen LogP contribution in [0.2, 0.25) is 0 Å². The number of piperidine rings is 1. The third kappa shape index (κ3) is 3.37. The number of carbonyl (C=O) groups is 1. The van der Waals surface area contributed by atoms with Crippen molar-refractivity contribution in [3.63, 3.8) is 0 Å². The zero-order chi connectivity index (χ0) is 14.7. The molecular weight excluding hydrogens is 268 g/mol. The molecule has 0 aromatic heterocycles. The van der Waals surface area contributed by atoms with Crippen LogP contribution in [0.4, 0.5) is 5.69 Å². The summed E-state index contributed by atoms with van der Waals surface area (Å²) in [5.41, 5.74) is 1.66. The van der Waals surface area contributed by atoms with Crippen molar-refractivity contribution in [2.75, 3.05) is 5.32 Å². The average molecular weight is 290 g/mol. The van der Waals surface area contributed by atoms with Gasteiger partial charge in [-0.05, 0) is 76.5 Å². The maximum atomic E-state index is 11.3. The molecule has 2 rings (SSSR count). The van der Waals surface area contributed by atoms with Gasteiger partial charge in [-0.1, -0.05) is 0 Å². The fourth-order valence-electron chi connectivity index (χ4n) is 2.80. The topological polar surface area (TPSA) is 32.3 Å². The van der Waals surface area contributed by atoms with Gasteiger partial charge in [-0.25, -0.2) is 0 Å². The fourth-order valence-corrected chi connectivity index (χ4v) is 3.28. The zero-order valence-electron chi connectivity index (χ0n) is 12.3. The lowest BCUT2D eigenvalue weighted by molar-refractivity contribution is 0.101. The number of hydrogen-bond donors (Lipinski definition) is 1. The van der Waals surface area contributed by atoms with Gasteiger partial charge in [0.25, 0.3) is 0 Å². The van der Waals surface area contributed by atoms with Crippen LogP contribution in [0.3, 0.4) is 0 Å². The lowest BCUT2D eigenvalue weighted by Gasteiger charge is -2.40. The van der Waals surface area contributed by atoms with E-state index in [0.717, 1.165) is 16.4 Å². The Kier molecular flexibility index (Phi) is 4.76. The summed E-state index contributed by atoms with van der Waals surface area (Å²) in [4.78, 5) is 13.5. The number of ketones is 1. The van der Waals surface area contributed by atoms with Gasteiger partial charge in [0.1, 0.15) is 0 Å². The number of thiocarbonyl (C=S) groups is 1. The van der Waals surface area contributed by atoms with Crippen molar-refractivity contribution < 1.29 is 4.79 Å². The number of nitrogens with one attached hydrogen (secondary N) is 1. The van der Waals surface area contributed by atoms with Crippen molar-refractivity contribution in [3.05, 3.63) is 29.8 Å². The van der Waals surface area contributed by atoms with Crippen LogP contribution >= 0.6 is 12.2 Å². The molecule has 0 spiro atoms. The fraction of sp³-hybridized carbons (Fsp3) is 0.500. The molecule has 1 N–H and O–H groups in total. The molecule has 0 radical (unpaired) electrons. The Morgan fingerprint density at radius 2 is 1.75 bits per heavy atom. The van der Waals surface area contributed by atoms with Crippen molar-refractivity contribution in [2.45, 2.75) is 52.1 Å². The van der Waals surface area contributed by atoms with Crippen LogP contribution in [0.15, 0.2) is 24.3 Å². The number of likely N-dealkylation sites (tertiary alicyclic amines) is 1. The summed E-state index contributed by atoms with van der Waals surface area (Å²) in [7, 11) is 0. The molecule has 20 heavy (non-hydrogen) atoms. The summed E-state index contributed by atoms with van der Waals surface area (Å²) in [5, 5.41) is 4.06. The monoisotopic (exact) mass is 290 g/mol. The molecule has 0 bridgehead atoms.